The number of anilines is 1. The number of hydrogen-bond acceptors (Lipinski definition) is 5. The second-order valence-corrected chi connectivity index (χ2v) is 13.0. The minimum absolute atomic E-state index is 0.121. The highest BCUT2D eigenvalue weighted by atomic mass is 35.5. The molecule has 3 fully saturated rings. The van der Waals surface area contributed by atoms with Crippen LogP contribution in [0.25, 0.3) is 6.08 Å². The van der Waals surface area contributed by atoms with Crippen molar-refractivity contribution in [3.63, 3.8) is 0 Å². The Kier molecular flexibility index (Phi) is 7.16. The van der Waals surface area contributed by atoms with E-state index in [9.17, 15) is 14.7 Å². The lowest BCUT2D eigenvalue weighted by Crippen LogP contribution is -2.63. The lowest BCUT2D eigenvalue weighted by Gasteiger charge is -2.56. The zero-order chi connectivity index (χ0) is 29.7. The highest BCUT2D eigenvalue weighted by Gasteiger charge is 2.61. The summed E-state index contributed by atoms with van der Waals surface area (Å²) < 4.78 is 6.10. The van der Waals surface area contributed by atoms with Gasteiger partial charge in [0.15, 0.2) is 0 Å². The second-order valence-electron chi connectivity index (χ2n) is 12.6. The van der Waals surface area contributed by atoms with Crippen LogP contribution in [0.15, 0.2) is 54.7 Å². The summed E-state index contributed by atoms with van der Waals surface area (Å²) in [5.74, 6) is 0.542. The maximum Gasteiger partial charge on any atom is 0.339 e. The number of carboxylic acid groups (broad SMARTS) is 1. The number of fused-ring (bicyclic) bond motifs is 1. The number of carbonyl (C=O) groups excluding carboxylic acids is 1. The number of pyridine rings is 1. The van der Waals surface area contributed by atoms with Gasteiger partial charge in [-0.3, -0.25) is 9.78 Å². The van der Waals surface area contributed by atoms with Gasteiger partial charge < -0.3 is 19.6 Å². The number of rotatable bonds is 7. The number of carbonyl (C=O) groups is 2. The van der Waals surface area contributed by atoms with Gasteiger partial charge in [0.25, 0.3) is 0 Å². The van der Waals surface area contributed by atoms with Crippen LogP contribution in [-0.4, -0.2) is 46.5 Å². The summed E-state index contributed by atoms with van der Waals surface area (Å²) in [6.07, 6.45) is 12.6. The van der Waals surface area contributed by atoms with Crippen molar-refractivity contribution in [2.75, 3.05) is 24.5 Å². The van der Waals surface area contributed by atoms with Crippen LogP contribution >= 0.6 is 11.6 Å². The first kappa shape index (κ1) is 28.0. The fourth-order valence-electron chi connectivity index (χ4n) is 7.75. The van der Waals surface area contributed by atoms with Gasteiger partial charge in [0.05, 0.1) is 23.3 Å². The lowest BCUT2D eigenvalue weighted by atomic mass is 9.65. The van der Waals surface area contributed by atoms with Crippen LogP contribution in [0.3, 0.4) is 0 Å². The summed E-state index contributed by atoms with van der Waals surface area (Å²) in [4.78, 5) is 34.6. The number of aromatic nitrogens is 1. The van der Waals surface area contributed by atoms with E-state index in [0.717, 1.165) is 92.1 Å². The number of likely N-dealkylation sites (tertiary alicyclic amines) is 1. The molecule has 4 aliphatic rings. The third-order valence-corrected chi connectivity index (χ3v) is 10.2. The molecule has 2 saturated heterocycles. The molecule has 43 heavy (non-hydrogen) atoms. The highest BCUT2D eigenvalue weighted by Crippen LogP contribution is 2.60. The second kappa shape index (κ2) is 11.0. The number of piperidine rings is 1. The molecule has 3 heterocycles. The zero-order valence-electron chi connectivity index (χ0n) is 24.4. The molecule has 2 aliphatic carbocycles. The molecule has 1 atom stereocenters. The quantitative estimate of drug-likeness (QED) is 0.285. The Morgan fingerprint density at radius 1 is 1.12 bits per heavy atom. The highest BCUT2D eigenvalue weighted by molar-refractivity contribution is 6.30. The number of aromatic carboxylic acids is 1. The van der Waals surface area contributed by atoms with Crippen molar-refractivity contribution in [2.45, 2.75) is 57.9 Å². The molecule has 1 saturated carbocycles. The van der Waals surface area contributed by atoms with Gasteiger partial charge in [-0.25, -0.2) is 4.79 Å². The average Bonchev–Trinajstić information content (AvgIpc) is 3.69. The van der Waals surface area contributed by atoms with E-state index in [2.05, 4.69) is 33.8 Å². The first-order valence-corrected chi connectivity index (χ1v) is 15.7. The Morgan fingerprint density at radius 3 is 2.65 bits per heavy atom. The maximum absolute atomic E-state index is 13.7. The molecule has 0 radical (unpaired) electrons. The molecule has 3 aromatic rings. The van der Waals surface area contributed by atoms with Crippen LogP contribution in [0.2, 0.25) is 5.02 Å². The van der Waals surface area contributed by atoms with Crippen molar-refractivity contribution < 1.29 is 19.4 Å². The first-order valence-electron chi connectivity index (χ1n) is 15.4. The number of allylic oxidation sites excluding steroid dienone is 1. The Hall–Kier alpha value is -3.84. The van der Waals surface area contributed by atoms with E-state index in [1.807, 2.05) is 36.4 Å². The number of ether oxygens (including phenoxy) is 1. The normalized spacial score (nSPS) is 20.9. The van der Waals surface area contributed by atoms with Gasteiger partial charge in [-0.05, 0) is 85.5 Å². The van der Waals surface area contributed by atoms with Gasteiger partial charge in [0.2, 0.25) is 5.91 Å². The molecular formula is C35H36ClN3O4. The number of hydrogen-bond donors (Lipinski definition) is 1. The van der Waals surface area contributed by atoms with E-state index in [0.29, 0.717) is 23.3 Å². The third-order valence-electron chi connectivity index (χ3n) is 9.99. The zero-order valence-corrected chi connectivity index (χ0v) is 25.1. The van der Waals surface area contributed by atoms with Gasteiger partial charge >= 0.3 is 5.97 Å². The van der Waals surface area contributed by atoms with Crippen molar-refractivity contribution in [3.8, 4) is 11.5 Å². The fourth-order valence-corrected chi connectivity index (χ4v) is 7.98. The number of nitrogens with zero attached hydrogens (tertiary/aromatic N) is 3. The van der Waals surface area contributed by atoms with Crippen molar-refractivity contribution in [1.29, 1.82) is 0 Å². The minimum atomic E-state index is -1.03. The summed E-state index contributed by atoms with van der Waals surface area (Å²) in [5, 5.41) is 10.6. The lowest BCUT2D eigenvalue weighted by molar-refractivity contribution is -0.174. The molecule has 1 spiro atoms. The molecule has 2 aliphatic heterocycles. The number of carboxylic acids is 1. The van der Waals surface area contributed by atoms with E-state index in [4.69, 9.17) is 16.3 Å². The molecule has 1 N–H and O–H groups in total. The number of aryl methyl sites for hydroxylation is 1. The smallest absolute Gasteiger partial charge is 0.339 e. The summed E-state index contributed by atoms with van der Waals surface area (Å²) >= 11 is 6.29. The fraction of sp³-hybridized carbons (Fsp3) is 0.400. The van der Waals surface area contributed by atoms with E-state index in [-0.39, 0.29) is 17.0 Å². The van der Waals surface area contributed by atoms with Gasteiger partial charge in [-0.15, -0.1) is 0 Å². The monoisotopic (exact) mass is 597 g/mol. The maximum atomic E-state index is 13.7. The Labute approximate surface area is 257 Å². The largest absolute Gasteiger partial charge is 0.478 e. The van der Waals surface area contributed by atoms with Crippen molar-refractivity contribution in [2.24, 2.45) is 11.3 Å². The van der Waals surface area contributed by atoms with E-state index in [1.165, 1.54) is 5.56 Å². The molecule has 7 nitrogen and oxygen atoms in total. The van der Waals surface area contributed by atoms with Crippen molar-refractivity contribution >= 4 is 35.2 Å². The van der Waals surface area contributed by atoms with Crippen LogP contribution in [-0.2, 0) is 11.2 Å². The summed E-state index contributed by atoms with van der Waals surface area (Å²) in [5.41, 5.74) is 5.21. The van der Waals surface area contributed by atoms with Crippen LogP contribution in [0.5, 0.6) is 11.5 Å². The number of β-lactam (4-membered cyclic amide) rings is 1. The van der Waals surface area contributed by atoms with Gasteiger partial charge in [0.1, 0.15) is 17.1 Å². The molecule has 2 aromatic carbocycles. The van der Waals surface area contributed by atoms with Crippen LogP contribution in [0.1, 0.15) is 77.3 Å². The van der Waals surface area contributed by atoms with Gasteiger partial charge in [0, 0.05) is 42.8 Å². The molecular weight excluding hydrogens is 562 g/mol. The van der Waals surface area contributed by atoms with Crippen LogP contribution < -0.4 is 9.64 Å². The molecule has 1 aromatic heterocycles. The minimum Gasteiger partial charge on any atom is -0.478 e. The Balaban J connectivity index is 1.05. The van der Waals surface area contributed by atoms with E-state index < -0.39 is 5.97 Å². The Bertz CT molecular complexity index is 1620. The molecule has 7 rings (SSSR count). The third kappa shape index (κ3) is 4.97. The predicted molar refractivity (Wildman–Crippen MR) is 167 cm³/mol. The van der Waals surface area contributed by atoms with Crippen molar-refractivity contribution in [3.05, 3.63) is 87.7 Å². The molecule has 1 unspecified atom stereocenters. The molecule has 0 bridgehead atoms. The topological polar surface area (TPSA) is 83.0 Å². The predicted octanol–water partition coefficient (Wildman–Crippen LogP) is 7.46. The van der Waals surface area contributed by atoms with Crippen molar-refractivity contribution in [1.82, 2.24) is 9.88 Å². The number of halogens is 1. The number of amides is 1. The molecule has 1 amide bonds. The number of benzene rings is 2. The summed E-state index contributed by atoms with van der Waals surface area (Å²) in [7, 11) is 0. The van der Waals surface area contributed by atoms with Crippen LogP contribution in [0.4, 0.5) is 5.69 Å². The van der Waals surface area contributed by atoms with E-state index >= 15 is 0 Å². The van der Waals surface area contributed by atoms with E-state index in [1.54, 1.807) is 12.3 Å². The van der Waals surface area contributed by atoms with Crippen LogP contribution in [0, 0.1) is 18.3 Å². The van der Waals surface area contributed by atoms with Gasteiger partial charge in [-0.1, -0.05) is 42.7 Å². The Morgan fingerprint density at radius 2 is 1.91 bits per heavy atom. The molecule has 222 valence electrons. The molecule has 8 heteroatoms. The average molecular weight is 598 g/mol. The van der Waals surface area contributed by atoms with Gasteiger partial charge in [-0.2, -0.15) is 0 Å². The summed E-state index contributed by atoms with van der Waals surface area (Å²) in [6.45, 7) is 4.54. The summed E-state index contributed by atoms with van der Waals surface area (Å²) in [6, 6.07) is 13.4. The standard InChI is InChI=1S/C35H36ClN3O4/c1-22-17-25(36)7-9-28(22)32-35(13-2-3-14-35)34(42)39(32)21-23-11-15-38(16-12-23)26-8-10-29(33(40)41)31(19-26)43-27-18-24-5-4-6-30(24)37-20-27/h4-5,7-10,17-20,23,32H,2-3,6,11-16,21H2,1H3,(H,40,41). The first-order chi connectivity index (χ1) is 20.8. The SMILES string of the molecule is Cc1cc(Cl)ccc1C1N(CC2CCN(c3ccc(C(=O)O)c(Oc4cnc5c(c4)C=CC5)c3)CC2)C(=O)C12CCCC2.